The maximum atomic E-state index is 11.4. The second-order valence-corrected chi connectivity index (χ2v) is 4.58. The minimum absolute atomic E-state index is 0.271. The van der Waals surface area contributed by atoms with Gasteiger partial charge in [-0.3, -0.25) is 10.1 Å². The van der Waals surface area contributed by atoms with Gasteiger partial charge in [0, 0.05) is 6.54 Å². The van der Waals surface area contributed by atoms with Crippen LogP contribution in [0.15, 0.2) is 0 Å². The first kappa shape index (κ1) is 10.9. The van der Waals surface area contributed by atoms with Crippen molar-refractivity contribution < 1.29 is 4.79 Å². The van der Waals surface area contributed by atoms with E-state index < -0.39 is 0 Å². The zero-order chi connectivity index (χ0) is 10.7. The molecular formula is C11H21N3O. The third-order valence-electron chi connectivity index (χ3n) is 3.56. The summed E-state index contributed by atoms with van der Waals surface area (Å²) in [6.45, 7) is 8.04. The van der Waals surface area contributed by atoms with Crippen LogP contribution in [0.5, 0.6) is 0 Å². The molecule has 0 aromatic rings. The molecule has 0 aromatic carbocycles. The number of likely N-dealkylation sites (tertiary alicyclic amines) is 1. The van der Waals surface area contributed by atoms with E-state index in [4.69, 9.17) is 0 Å². The lowest BCUT2D eigenvalue weighted by Crippen LogP contribution is -2.39. The Balaban J connectivity index is 1.74. The van der Waals surface area contributed by atoms with Crippen LogP contribution < -0.4 is 5.32 Å². The maximum Gasteiger partial charge on any atom is 0.237 e. The number of piperidine rings is 1. The molecule has 0 atom stereocenters. The molecule has 2 aliphatic rings. The second kappa shape index (κ2) is 4.94. The van der Waals surface area contributed by atoms with E-state index in [0.29, 0.717) is 6.54 Å². The van der Waals surface area contributed by atoms with Crippen molar-refractivity contribution in [1.82, 2.24) is 15.1 Å². The molecule has 86 valence electrons. The summed E-state index contributed by atoms with van der Waals surface area (Å²) in [4.78, 5) is 15.9. The van der Waals surface area contributed by atoms with Gasteiger partial charge in [-0.15, -0.1) is 0 Å². The topological polar surface area (TPSA) is 35.6 Å². The third-order valence-corrected chi connectivity index (χ3v) is 3.56. The smallest absolute Gasteiger partial charge is 0.237 e. The van der Waals surface area contributed by atoms with Crippen LogP contribution in [0.25, 0.3) is 0 Å². The van der Waals surface area contributed by atoms with Crippen molar-refractivity contribution in [2.45, 2.75) is 19.8 Å². The van der Waals surface area contributed by atoms with Crippen LogP contribution in [0.3, 0.4) is 0 Å². The normalized spacial score (nSPS) is 25.1. The van der Waals surface area contributed by atoms with Crippen LogP contribution in [0.1, 0.15) is 19.8 Å². The van der Waals surface area contributed by atoms with Gasteiger partial charge in [0.05, 0.1) is 13.2 Å². The van der Waals surface area contributed by atoms with Crippen molar-refractivity contribution in [1.29, 1.82) is 0 Å². The first-order valence-corrected chi connectivity index (χ1v) is 6.00. The Morgan fingerprint density at radius 1 is 1.40 bits per heavy atom. The summed E-state index contributed by atoms with van der Waals surface area (Å²) in [6.07, 6.45) is 2.50. The fraction of sp³-hybridized carbons (Fsp3) is 0.909. The SMILES string of the molecule is CCN1CCC(CN2CNCC2=O)CC1. The van der Waals surface area contributed by atoms with Gasteiger partial charge in [-0.25, -0.2) is 0 Å². The second-order valence-electron chi connectivity index (χ2n) is 4.58. The highest BCUT2D eigenvalue weighted by molar-refractivity contribution is 5.79. The van der Waals surface area contributed by atoms with Gasteiger partial charge in [-0.05, 0) is 38.4 Å². The minimum atomic E-state index is 0.271. The number of hydrogen-bond donors (Lipinski definition) is 1. The van der Waals surface area contributed by atoms with Crippen LogP contribution in [-0.4, -0.2) is 55.1 Å². The van der Waals surface area contributed by atoms with Crippen molar-refractivity contribution in [3.05, 3.63) is 0 Å². The summed E-state index contributed by atoms with van der Waals surface area (Å²) in [5.74, 6) is 0.990. The highest BCUT2D eigenvalue weighted by Crippen LogP contribution is 2.18. The molecule has 2 rings (SSSR count). The van der Waals surface area contributed by atoms with Crippen LogP contribution in [0.4, 0.5) is 0 Å². The van der Waals surface area contributed by atoms with Gasteiger partial charge >= 0.3 is 0 Å². The van der Waals surface area contributed by atoms with Gasteiger partial charge in [-0.2, -0.15) is 0 Å². The lowest BCUT2D eigenvalue weighted by atomic mass is 9.96. The van der Waals surface area contributed by atoms with Gasteiger partial charge in [0.25, 0.3) is 0 Å². The summed E-state index contributed by atoms with van der Waals surface area (Å²) in [6, 6.07) is 0. The van der Waals surface area contributed by atoms with Crippen molar-refractivity contribution >= 4 is 5.91 Å². The fourth-order valence-electron chi connectivity index (χ4n) is 2.46. The molecule has 4 nitrogen and oxygen atoms in total. The molecule has 0 aromatic heterocycles. The van der Waals surface area contributed by atoms with Gasteiger partial charge in [-0.1, -0.05) is 6.92 Å². The molecule has 2 heterocycles. The Kier molecular flexibility index (Phi) is 3.59. The van der Waals surface area contributed by atoms with Gasteiger partial charge in [0.1, 0.15) is 0 Å². The van der Waals surface area contributed by atoms with E-state index in [1.165, 1.54) is 25.9 Å². The Morgan fingerprint density at radius 2 is 2.13 bits per heavy atom. The number of nitrogens with one attached hydrogen (secondary N) is 1. The largest absolute Gasteiger partial charge is 0.329 e. The zero-order valence-corrected chi connectivity index (χ0v) is 9.54. The Labute approximate surface area is 91.6 Å². The maximum absolute atomic E-state index is 11.4. The minimum Gasteiger partial charge on any atom is -0.329 e. The molecule has 0 saturated carbocycles. The average molecular weight is 211 g/mol. The van der Waals surface area contributed by atoms with E-state index in [1.54, 1.807) is 0 Å². The molecule has 2 fully saturated rings. The summed E-state index contributed by atoms with van der Waals surface area (Å²) < 4.78 is 0. The van der Waals surface area contributed by atoms with Crippen LogP contribution in [0, 0.1) is 5.92 Å². The predicted octanol–water partition coefficient (Wildman–Crippen LogP) is 0.108. The molecule has 2 aliphatic heterocycles. The Hall–Kier alpha value is -0.610. The molecule has 15 heavy (non-hydrogen) atoms. The summed E-state index contributed by atoms with van der Waals surface area (Å²) >= 11 is 0. The van der Waals surface area contributed by atoms with Crippen LogP contribution >= 0.6 is 0 Å². The van der Waals surface area contributed by atoms with E-state index in [-0.39, 0.29) is 5.91 Å². The third kappa shape index (κ3) is 2.69. The summed E-state index contributed by atoms with van der Waals surface area (Å²) in [7, 11) is 0. The van der Waals surface area contributed by atoms with Crippen LogP contribution in [0.2, 0.25) is 0 Å². The number of hydrogen-bond acceptors (Lipinski definition) is 3. The molecule has 2 saturated heterocycles. The molecule has 0 radical (unpaired) electrons. The number of carbonyl (C=O) groups is 1. The fourth-order valence-corrected chi connectivity index (χ4v) is 2.46. The molecule has 1 N–H and O–H groups in total. The van der Waals surface area contributed by atoms with E-state index in [1.807, 2.05) is 4.90 Å². The monoisotopic (exact) mass is 211 g/mol. The van der Waals surface area contributed by atoms with Gasteiger partial charge in [0.2, 0.25) is 5.91 Å². The molecular weight excluding hydrogens is 190 g/mol. The lowest BCUT2D eigenvalue weighted by molar-refractivity contribution is -0.127. The number of rotatable bonds is 3. The van der Waals surface area contributed by atoms with Gasteiger partial charge in [0.15, 0.2) is 0 Å². The zero-order valence-electron chi connectivity index (χ0n) is 9.54. The van der Waals surface area contributed by atoms with E-state index >= 15 is 0 Å². The first-order valence-electron chi connectivity index (χ1n) is 6.00. The first-order chi connectivity index (χ1) is 7.29. The summed E-state index contributed by atoms with van der Waals surface area (Å²) in [5, 5.41) is 3.10. The van der Waals surface area contributed by atoms with E-state index in [9.17, 15) is 4.79 Å². The van der Waals surface area contributed by atoms with E-state index in [0.717, 1.165) is 25.7 Å². The number of nitrogens with zero attached hydrogens (tertiary/aromatic N) is 2. The molecule has 4 heteroatoms. The molecule has 0 aliphatic carbocycles. The number of carbonyl (C=O) groups excluding carboxylic acids is 1. The summed E-state index contributed by atoms with van der Waals surface area (Å²) in [5.41, 5.74) is 0. The number of amides is 1. The average Bonchev–Trinajstić information content (AvgIpc) is 2.66. The van der Waals surface area contributed by atoms with Crippen molar-refractivity contribution in [3.8, 4) is 0 Å². The highest BCUT2D eigenvalue weighted by Gasteiger charge is 2.25. The molecule has 0 unspecified atom stereocenters. The Bertz CT molecular complexity index is 224. The Morgan fingerprint density at radius 3 is 2.67 bits per heavy atom. The van der Waals surface area contributed by atoms with E-state index in [2.05, 4.69) is 17.1 Å². The quantitative estimate of drug-likeness (QED) is 0.719. The lowest BCUT2D eigenvalue weighted by Gasteiger charge is -2.32. The van der Waals surface area contributed by atoms with Crippen molar-refractivity contribution in [3.63, 3.8) is 0 Å². The molecule has 1 amide bonds. The van der Waals surface area contributed by atoms with Crippen LogP contribution in [-0.2, 0) is 4.79 Å². The van der Waals surface area contributed by atoms with Gasteiger partial charge < -0.3 is 9.80 Å². The predicted molar refractivity (Wildman–Crippen MR) is 59.4 cm³/mol. The highest BCUT2D eigenvalue weighted by atomic mass is 16.2. The van der Waals surface area contributed by atoms with Crippen molar-refractivity contribution in [2.24, 2.45) is 5.92 Å². The molecule has 0 spiro atoms. The molecule has 0 bridgehead atoms. The van der Waals surface area contributed by atoms with Crippen molar-refractivity contribution in [2.75, 3.05) is 39.4 Å². The standard InChI is InChI=1S/C11H21N3O/c1-2-13-5-3-10(4-6-13)8-14-9-12-7-11(14)15/h10,12H,2-9H2,1H3.